The lowest BCUT2D eigenvalue weighted by Crippen LogP contribution is -2.10. The van der Waals surface area contributed by atoms with Crippen LogP contribution in [0.4, 0.5) is 34.1 Å². The Balaban J connectivity index is 0.851. The van der Waals surface area contributed by atoms with Crippen LogP contribution in [0.25, 0.3) is 120 Å². The minimum atomic E-state index is 0.426. The molecule has 0 aliphatic heterocycles. The first-order valence-corrected chi connectivity index (χ1v) is 27.3. The second-order valence-corrected chi connectivity index (χ2v) is 22.0. The zero-order valence-electron chi connectivity index (χ0n) is 43.5. The van der Waals surface area contributed by atoms with Crippen LogP contribution in [-0.2, 0) is 0 Å². The normalized spacial score (nSPS) is 12.6. The first-order chi connectivity index (χ1) is 38.3. The van der Waals surface area contributed by atoms with Crippen molar-refractivity contribution in [3.05, 3.63) is 230 Å². The number of hydrogen-bond acceptors (Lipinski definition) is 4. The molecule has 78 heavy (non-hydrogen) atoms. The van der Waals surface area contributed by atoms with Gasteiger partial charge < -0.3 is 27.4 Å². The van der Waals surface area contributed by atoms with Crippen molar-refractivity contribution in [1.82, 2.24) is 8.80 Å². The Morgan fingerprint density at radius 3 is 1.05 bits per heavy atom. The predicted octanol–water partition coefficient (Wildman–Crippen LogP) is 21.0. The average molecular weight is 1000 g/mol. The van der Waals surface area contributed by atoms with Crippen LogP contribution >= 0.6 is 0 Å². The third-order valence-corrected chi connectivity index (χ3v) is 17.1. The van der Waals surface area contributed by atoms with Crippen molar-refractivity contribution in [2.24, 2.45) is 0 Å². The Labute approximate surface area is 448 Å². The van der Waals surface area contributed by atoms with Gasteiger partial charge in [0, 0.05) is 87.4 Å². The number of benzene rings is 11. The summed E-state index contributed by atoms with van der Waals surface area (Å²) >= 11 is 0. The quantitative estimate of drug-likeness (QED) is 0.152. The molecule has 17 rings (SSSR count). The molecule has 0 bridgehead atoms. The fourth-order valence-electron chi connectivity index (χ4n) is 13.4. The first kappa shape index (κ1) is 43.5. The van der Waals surface area contributed by atoms with Crippen molar-refractivity contribution < 1.29 is 8.83 Å². The van der Waals surface area contributed by atoms with E-state index < -0.39 is 0 Å². The van der Waals surface area contributed by atoms with Crippen LogP contribution in [0.3, 0.4) is 0 Å². The Kier molecular flexibility index (Phi) is 8.85. The lowest BCUT2D eigenvalue weighted by atomic mass is 10.0. The number of rotatable bonds is 8. The molecule has 0 atom stereocenters. The van der Waals surface area contributed by atoms with Gasteiger partial charge in [0.05, 0.1) is 44.5 Å². The summed E-state index contributed by atoms with van der Waals surface area (Å²) in [7, 11) is 0. The van der Waals surface area contributed by atoms with Gasteiger partial charge in [0.1, 0.15) is 11.2 Å². The maximum Gasteiger partial charge on any atom is 0.159 e. The van der Waals surface area contributed by atoms with Crippen LogP contribution in [-0.4, -0.2) is 8.80 Å². The monoisotopic (exact) mass is 1000 g/mol. The zero-order valence-corrected chi connectivity index (χ0v) is 43.5. The molecule has 0 aliphatic carbocycles. The minimum absolute atomic E-state index is 0.426. The minimum Gasteiger partial charge on any atom is -0.454 e. The number of furan rings is 2. The maximum absolute atomic E-state index is 6.72. The Bertz CT molecular complexity index is 4950. The molecule has 17 aromatic rings. The molecule has 6 heterocycles. The Morgan fingerprint density at radius 1 is 0.295 bits per heavy atom. The van der Waals surface area contributed by atoms with Crippen molar-refractivity contribution in [2.75, 3.05) is 9.80 Å². The molecule has 6 heteroatoms. The van der Waals surface area contributed by atoms with Gasteiger partial charge in [-0.25, -0.2) is 0 Å². The summed E-state index contributed by atoms with van der Waals surface area (Å²) in [6.45, 7) is 9.00. The van der Waals surface area contributed by atoms with Crippen LogP contribution < -0.4 is 9.80 Å². The topological polar surface area (TPSA) is 41.6 Å². The third kappa shape index (κ3) is 5.92. The molecule has 0 saturated heterocycles. The van der Waals surface area contributed by atoms with E-state index in [-0.39, 0.29) is 0 Å². The predicted molar refractivity (Wildman–Crippen MR) is 328 cm³/mol. The summed E-state index contributed by atoms with van der Waals surface area (Å²) in [6.07, 6.45) is 0. The molecule has 0 spiro atoms. The van der Waals surface area contributed by atoms with Gasteiger partial charge in [0.25, 0.3) is 0 Å². The van der Waals surface area contributed by atoms with Gasteiger partial charge in [-0.15, -0.1) is 0 Å². The van der Waals surface area contributed by atoms with E-state index >= 15 is 0 Å². The number of fused-ring (bicyclic) bond motifs is 18. The van der Waals surface area contributed by atoms with Gasteiger partial charge in [-0.2, -0.15) is 0 Å². The first-order valence-electron chi connectivity index (χ1n) is 27.3. The van der Waals surface area contributed by atoms with Gasteiger partial charge in [0.15, 0.2) is 11.2 Å². The molecule has 0 N–H and O–H groups in total. The lowest BCUT2D eigenvalue weighted by molar-refractivity contribution is 0.668. The van der Waals surface area contributed by atoms with Gasteiger partial charge in [-0.3, -0.25) is 0 Å². The summed E-state index contributed by atoms with van der Waals surface area (Å²) in [5.41, 5.74) is 19.8. The highest BCUT2D eigenvalue weighted by Gasteiger charge is 2.27. The second kappa shape index (κ2) is 15.9. The van der Waals surface area contributed by atoms with Crippen LogP contribution in [0.5, 0.6) is 0 Å². The summed E-state index contributed by atoms with van der Waals surface area (Å²) in [4.78, 5) is 4.75. The zero-order chi connectivity index (χ0) is 51.7. The fraction of sp³-hybridized carbons (Fsp3) is 0.0833. The number of aromatic nitrogens is 2. The fourth-order valence-corrected chi connectivity index (χ4v) is 13.4. The van der Waals surface area contributed by atoms with E-state index in [1.165, 1.54) is 87.3 Å². The van der Waals surface area contributed by atoms with Crippen LogP contribution in [0.15, 0.2) is 227 Å². The Hall–Kier alpha value is -9.78. The Morgan fingerprint density at radius 2 is 0.641 bits per heavy atom. The van der Waals surface area contributed by atoms with E-state index in [0.717, 1.165) is 78.0 Å². The molecule has 0 unspecified atom stereocenters. The highest BCUT2D eigenvalue weighted by molar-refractivity contribution is 6.29. The van der Waals surface area contributed by atoms with E-state index in [4.69, 9.17) is 8.83 Å². The highest BCUT2D eigenvalue weighted by atomic mass is 16.3. The van der Waals surface area contributed by atoms with Crippen LogP contribution in [0.2, 0.25) is 0 Å². The second-order valence-electron chi connectivity index (χ2n) is 22.0. The molecule has 0 fully saturated rings. The lowest BCUT2D eigenvalue weighted by Gasteiger charge is -2.26. The van der Waals surface area contributed by atoms with Gasteiger partial charge in [-0.05, 0) is 120 Å². The van der Waals surface area contributed by atoms with Crippen molar-refractivity contribution in [3.8, 4) is 0 Å². The number of nitrogens with zero attached hydrogens (tertiary/aromatic N) is 4. The number of anilines is 6. The van der Waals surface area contributed by atoms with E-state index in [0.29, 0.717) is 11.8 Å². The largest absolute Gasteiger partial charge is 0.454 e. The summed E-state index contributed by atoms with van der Waals surface area (Å²) in [5.74, 6) is 0.853. The van der Waals surface area contributed by atoms with Crippen molar-refractivity contribution >= 4 is 154 Å². The number of para-hydroxylation sites is 6. The van der Waals surface area contributed by atoms with Gasteiger partial charge in [0.2, 0.25) is 0 Å². The smallest absolute Gasteiger partial charge is 0.159 e. The molecule has 370 valence electrons. The van der Waals surface area contributed by atoms with E-state index in [2.05, 4.69) is 253 Å². The standard InChI is InChI=1S/C72H50N4O2/c1-41(2)43-25-29-45(30-26-43)73(63-21-11-19-55-49-13-5-7-23-67(49)77-71(55)63)47-33-35-61-57(37-47)51-15-9-17-53-59-40-66-60(39-65(59)75(61)69(51)53)54-18-10-16-52-58-38-48(34-36-62(58)76(66)70(52)54)74(46-31-27-44(28-32-46)42(3)4)64-22-12-20-56-50-14-6-8-24-68(50)78-72(56)64/h5-42H,1-4H3. The molecule has 0 amide bonds. The van der Waals surface area contributed by atoms with E-state index in [1.807, 2.05) is 12.1 Å². The average Bonchev–Trinajstić information content (AvgIpc) is 3.58. The highest BCUT2D eigenvalue weighted by Crippen LogP contribution is 2.49. The van der Waals surface area contributed by atoms with Crippen molar-refractivity contribution in [2.45, 2.75) is 39.5 Å². The van der Waals surface area contributed by atoms with E-state index in [1.54, 1.807) is 0 Å². The molecule has 0 saturated carbocycles. The molecule has 11 aromatic carbocycles. The van der Waals surface area contributed by atoms with E-state index in [9.17, 15) is 0 Å². The van der Waals surface area contributed by atoms with Crippen molar-refractivity contribution in [3.63, 3.8) is 0 Å². The van der Waals surface area contributed by atoms with Gasteiger partial charge in [-0.1, -0.05) is 149 Å². The molecule has 6 nitrogen and oxygen atoms in total. The molecule has 6 aromatic heterocycles. The number of hydrogen-bond donors (Lipinski definition) is 0. The molecular weight excluding hydrogens is 953 g/mol. The molecule has 0 radical (unpaired) electrons. The summed E-state index contributed by atoms with van der Waals surface area (Å²) < 4.78 is 18.5. The van der Waals surface area contributed by atoms with Crippen molar-refractivity contribution in [1.29, 1.82) is 0 Å². The van der Waals surface area contributed by atoms with Crippen LogP contribution in [0, 0.1) is 0 Å². The van der Waals surface area contributed by atoms with Crippen LogP contribution in [0.1, 0.15) is 50.7 Å². The summed E-state index contributed by atoms with van der Waals surface area (Å²) in [6, 6.07) is 80.5. The summed E-state index contributed by atoms with van der Waals surface area (Å²) in [5, 5.41) is 14.4. The third-order valence-electron chi connectivity index (χ3n) is 17.1. The molecule has 0 aliphatic rings. The SMILES string of the molecule is CC(C)c1ccc(N(c2ccc3c(c2)c2cccc4c5cc6c(cc5n3c24)c2cccc3c4cc(N(c5ccc(C(C)C)cc5)c5cccc7c5oc5ccccc57)ccc4n6c32)c2cccc3c2oc2ccccc23)cc1. The van der Waals surface area contributed by atoms with Gasteiger partial charge >= 0.3 is 0 Å². The molecular formula is C72H50N4O2. The maximum atomic E-state index is 6.72.